The van der Waals surface area contributed by atoms with Crippen LogP contribution in [0, 0.1) is 5.82 Å². The van der Waals surface area contributed by atoms with E-state index in [1.807, 2.05) is 6.92 Å². The van der Waals surface area contributed by atoms with Crippen molar-refractivity contribution in [2.24, 2.45) is 0 Å². The van der Waals surface area contributed by atoms with Crippen LogP contribution in [0.3, 0.4) is 0 Å². The lowest BCUT2D eigenvalue weighted by Crippen LogP contribution is -2.36. The molecule has 1 saturated heterocycles. The molecule has 0 aliphatic carbocycles. The summed E-state index contributed by atoms with van der Waals surface area (Å²) < 4.78 is 18.5. The summed E-state index contributed by atoms with van der Waals surface area (Å²) in [7, 11) is 1.41. The Morgan fingerprint density at radius 2 is 1.92 bits per heavy atom. The quantitative estimate of drug-likeness (QED) is 0.794. The number of nitrogens with zero attached hydrogens (tertiary/aromatic N) is 2. The highest BCUT2D eigenvalue weighted by Crippen LogP contribution is 2.18. The number of carbonyl (C=O) groups is 2. The molecule has 0 atom stereocenters. The van der Waals surface area contributed by atoms with Crippen molar-refractivity contribution in [1.82, 2.24) is 9.80 Å². The molecule has 0 aromatic heterocycles. The van der Waals surface area contributed by atoms with Crippen LogP contribution in [0.25, 0.3) is 6.08 Å². The molecule has 0 N–H and O–H groups in total. The van der Waals surface area contributed by atoms with Crippen molar-refractivity contribution in [1.29, 1.82) is 0 Å². The van der Waals surface area contributed by atoms with Crippen LogP contribution in [0.2, 0.25) is 0 Å². The van der Waals surface area contributed by atoms with E-state index in [1.165, 1.54) is 25.3 Å². The number of amides is 2. The van der Waals surface area contributed by atoms with Gasteiger partial charge in [-0.05, 0) is 30.2 Å². The van der Waals surface area contributed by atoms with Gasteiger partial charge in [-0.1, -0.05) is 13.0 Å². The highest BCUT2D eigenvalue weighted by molar-refractivity contribution is 5.91. The fourth-order valence-electron chi connectivity index (χ4n) is 2.67. The topological polar surface area (TPSA) is 49.9 Å². The first-order chi connectivity index (χ1) is 11.5. The molecular formula is C18H23FN2O3. The van der Waals surface area contributed by atoms with E-state index >= 15 is 0 Å². The lowest BCUT2D eigenvalue weighted by Gasteiger charge is -2.21. The largest absolute Gasteiger partial charge is 0.494 e. The Morgan fingerprint density at radius 1 is 1.21 bits per heavy atom. The molecule has 2 rings (SSSR count). The van der Waals surface area contributed by atoms with E-state index in [4.69, 9.17) is 4.74 Å². The molecule has 0 unspecified atom stereocenters. The van der Waals surface area contributed by atoms with Gasteiger partial charge < -0.3 is 14.5 Å². The first-order valence-electron chi connectivity index (χ1n) is 8.13. The first kappa shape index (κ1) is 18.0. The van der Waals surface area contributed by atoms with Crippen molar-refractivity contribution in [3.05, 3.63) is 35.7 Å². The molecule has 1 aliphatic heterocycles. The van der Waals surface area contributed by atoms with Gasteiger partial charge in [0.1, 0.15) is 0 Å². The molecule has 1 aromatic rings. The minimum Gasteiger partial charge on any atom is -0.494 e. The van der Waals surface area contributed by atoms with Crippen molar-refractivity contribution in [2.75, 3.05) is 33.3 Å². The maximum atomic E-state index is 13.6. The minimum atomic E-state index is -0.462. The molecule has 0 bridgehead atoms. The van der Waals surface area contributed by atoms with Crippen LogP contribution < -0.4 is 4.74 Å². The Hall–Kier alpha value is -2.37. The smallest absolute Gasteiger partial charge is 0.246 e. The van der Waals surface area contributed by atoms with Crippen molar-refractivity contribution >= 4 is 17.9 Å². The van der Waals surface area contributed by atoms with E-state index < -0.39 is 5.82 Å². The zero-order valence-corrected chi connectivity index (χ0v) is 14.1. The fraction of sp³-hybridized carbons (Fsp3) is 0.444. The second-order valence-electron chi connectivity index (χ2n) is 5.64. The Bertz CT molecular complexity index is 631. The molecule has 6 heteroatoms. The van der Waals surface area contributed by atoms with Gasteiger partial charge in [0.15, 0.2) is 11.6 Å². The molecule has 1 aliphatic rings. The Kier molecular flexibility index (Phi) is 6.35. The third-order valence-corrected chi connectivity index (χ3v) is 4.06. The van der Waals surface area contributed by atoms with E-state index in [0.717, 1.165) is 6.42 Å². The molecule has 1 aromatic carbocycles. The summed E-state index contributed by atoms with van der Waals surface area (Å²) in [6, 6.07) is 4.54. The van der Waals surface area contributed by atoms with Crippen molar-refractivity contribution in [3.8, 4) is 5.75 Å². The van der Waals surface area contributed by atoms with Crippen LogP contribution in [-0.4, -0.2) is 54.9 Å². The highest BCUT2D eigenvalue weighted by atomic mass is 19.1. The van der Waals surface area contributed by atoms with Gasteiger partial charge in [0.05, 0.1) is 7.11 Å². The number of carbonyl (C=O) groups excluding carboxylic acids is 2. The van der Waals surface area contributed by atoms with Crippen LogP contribution in [0.1, 0.15) is 25.3 Å². The molecular weight excluding hydrogens is 311 g/mol. The lowest BCUT2D eigenvalue weighted by molar-refractivity contribution is -0.131. The highest BCUT2D eigenvalue weighted by Gasteiger charge is 2.19. The van der Waals surface area contributed by atoms with Crippen LogP contribution >= 0.6 is 0 Å². The third kappa shape index (κ3) is 4.57. The summed E-state index contributed by atoms with van der Waals surface area (Å²) in [4.78, 5) is 27.6. The standard InChI is InChI=1S/C18H23FN2O3/c1-3-17(22)20-9-4-10-21(12-11-20)18(23)8-6-14-5-7-16(24-2)15(19)13-14/h5-8,13H,3-4,9-12H2,1-2H3. The summed E-state index contributed by atoms with van der Waals surface area (Å²) in [5.74, 6) is -0.298. The van der Waals surface area contributed by atoms with Gasteiger partial charge in [0.2, 0.25) is 11.8 Å². The monoisotopic (exact) mass is 334 g/mol. The lowest BCUT2D eigenvalue weighted by atomic mass is 10.2. The molecule has 1 fully saturated rings. The fourth-order valence-corrected chi connectivity index (χ4v) is 2.67. The number of rotatable bonds is 4. The van der Waals surface area contributed by atoms with Crippen LogP contribution in [-0.2, 0) is 9.59 Å². The van der Waals surface area contributed by atoms with Crippen LogP contribution in [0.5, 0.6) is 5.75 Å². The molecule has 24 heavy (non-hydrogen) atoms. The second kappa shape index (κ2) is 8.47. The van der Waals surface area contributed by atoms with Gasteiger partial charge in [-0.25, -0.2) is 4.39 Å². The third-order valence-electron chi connectivity index (χ3n) is 4.06. The van der Waals surface area contributed by atoms with Crippen molar-refractivity contribution in [3.63, 3.8) is 0 Å². The van der Waals surface area contributed by atoms with Gasteiger partial charge in [-0.3, -0.25) is 9.59 Å². The predicted molar refractivity (Wildman–Crippen MR) is 90.1 cm³/mol. The summed E-state index contributed by atoms with van der Waals surface area (Å²) in [6.45, 7) is 4.22. The molecule has 0 radical (unpaired) electrons. The zero-order chi connectivity index (χ0) is 17.5. The molecule has 1 heterocycles. The second-order valence-corrected chi connectivity index (χ2v) is 5.64. The molecule has 0 spiro atoms. The first-order valence-corrected chi connectivity index (χ1v) is 8.13. The normalized spacial score (nSPS) is 15.5. The summed E-state index contributed by atoms with van der Waals surface area (Å²) in [6.07, 6.45) is 4.28. The number of hydrogen-bond donors (Lipinski definition) is 0. The number of hydrogen-bond acceptors (Lipinski definition) is 3. The van der Waals surface area contributed by atoms with Crippen molar-refractivity contribution in [2.45, 2.75) is 19.8 Å². The summed E-state index contributed by atoms with van der Waals surface area (Å²) >= 11 is 0. The zero-order valence-electron chi connectivity index (χ0n) is 14.1. The number of ether oxygens (including phenoxy) is 1. The Morgan fingerprint density at radius 3 is 2.58 bits per heavy atom. The average Bonchev–Trinajstić information content (AvgIpc) is 2.85. The molecule has 0 saturated carbocycles. The van der Waals surface area contributed by atoms with E-state index in [0.29, 0.717) is 38.2 Å². The SMILES string of the molecule is CCC(=O)N1CCCN(C(=O)C=Cc2ccc(OC)c(F)c2)CC1. The molecule has 5 nitrogen and oxygen atoms in total. The number of halogens is 1. The average molecular weight is 334 g/mol. The Balaban J connectivity index is 1.96. The van der Waals surface area contributed by atoms with Gasteiger partial charge in [-0.15, -0.1) is 0 Å². The van der Waals surface area contributed by atoms with Gasteiger partial charge in [0, 0.05) is 38.7 Å². The predicted octanol–water partition coefficient (Wildman–Crippen LogP) is 2.32. The van der Waals surface area contributed by atoms with E-state index in [1.54, 1.807) is 21.9 Å². The molecule has 130 valence electrons. The van der Waals surface area contributed by atoms with Crippen LogP contribution in [0.15, 0.2) is 24.3 Å². The van der Waals surface area contributed by atoms with Crippen LogP contribution in [0.4, 0.5) is 4.39 Å². The van der Waals surface area contributed by atoms with Gasteiger partial charge in [-0.2, -0.15) is 0 Å². The Labute approximate surface area is 141 Å². The van der Waals surface area contributed by atoms with E-state index in [9.17, 15) is 14.0 Å². The van der Waals surface area contributed by atoms with Gasteiger partial charge >= 0.3 is 0 Å². The van der Waals surface area contributed by atoms with E-state index in [2.05, 4.69) is 0 Å². The van der Waals surface area contributed by atoms with E-state index in [-0.39, 0.29) is 17.6 Å². The van der Waals surface area contributed by atoms with Crippen molar-refractivity contribution < 1.29 is 18.7 Å². The minimum absolute atomic E-state index is 0.119. The van der Waals surface area contributed by atoms with Gasteiger partial charge in [0.25, 0.3) is 0 Å². The number of methoxy groups -OCH3 is 1. The maximum Gasteiger partial charge on any atom is 0.246 e. The maximum absolute atomic E-state index is 13.6. The summed E-state index contributed by atoms with van der Waals surface area (Å²) in [5, 5.41) is 0. The molecule has 2 amide bonds. The number of benzene rings is 1. The summed E-state index contributed by atoms with van der Waals surface area (Å²) in [5.41, 5.74) is 0.597.